The van der Waals surface area contributed by atoms with E-state index >= 15 is 0 Å². The van der Waals surface area contributed by atoms with Crippen LogP contribution in [0.25, 0.3) is 72.0 Å². The van der Waals surface area contributed by atoms with Crippen molar-refractivity contribution in [1.29, 1.82) is 0 Å². The second-order valence-electron chi connectivity index (χ2n) is 11.1. The summed E-state index contributed by atoms with van der Waals surface area (Å²) in [5.74, 6) is 0. The lowest BCUT2D eigenvalue weighted by molar-refractivity contribution is 1.18. The average molecular weight is 582 g/mol. The molecular formula is C42H28ClN. The van der Waals surface area contributed by atoms with Gasteiger partial charge >= 0.3 is 0 Å². The fraction of sp³-hybridized carbons (Fsp3) is 0. The zero-order valence-corrected chi connectivity index (χ0v) is 24.7. The maximum absolute atomic E-state index is 6.59. The quantitative estimate of drug-likeness (QED) is 0.190. The molecule has 1 heterocycles. The molecule has 0 amide bonds. The van der Waals surface area contributed by atoms with Crippen molar-refractivity contribution in [3.63, 3.8) is 0 Å². The molecule has 0 fully saturated rings. The third kappa shape index (κ3) is 4.50. The molecule has 8 rings (SSSR count). The van der Waals surface area contributed by atoms with E-state index in [0.29, 0.717) is 0 Å². The largest absolute Gasteiger partial charge is 0.309 e. The number of hydrogen-bond acceptors (Lipinski definition) is 0. The number of aromatic nitrogens is 1. The minimum atomic E-state index is 0.726. The number of nitrogens with zero attached hydrogens (tertiary/aromatic N) is 1. The smallest absolute Gasteiger partial charge is 0.0555 e. The molecule has 1 aromatic heterocycles. The highest BCUT2D eigenvalue weighted by Crippen LogP contribution is 2.43. The molecule has 0 aliphatic carbocycles. The van der Waals surface area contributed by atoms with Gasteiger partial charge in [0.2, 0.25) is 0 Å². The lowest BCUT2D eigenvalue weighted by atomic mass is 9.86. The number of fused-ring (bicyclic) bond motifs is 3. The first-order chi connectivity index (χ1) is 21.8. The van der Waals surface area contributed by atoms with E-state index in [1.54, 1.807) is 0 Å². The van der Waals surface area contributed by atoms with Crippen LogP contribution in [0.15, 0.2) is 170 Å². The Labute approximate surface area is 262 Å². The van der Waals surface area contributed by atoms with E-state index in [-0.39, 0.29) is 0 Å². The standard InChI is InChI=1S/C42H28ClN/c43-31-23-25-39-38-21-11-12-22-41(38)44(42(39)27-31)32-24-26-37(35-19-9-7-17-33(35)29-13-3-1-4-14-29)40(28-32)36-20-10-8-18-34(36)30-15-5-2-6-16-30/h1-28H. The molecule has 7 aromatic carbocycles. The van der Waals surface area contributed by atoms with E-state index in [4.69, 9.17) is 11.6 Å². The highest BCUT2D eigenvalue weighted by Gasteiger charge is 2.19. The van der Waals surface area contributed by atoms with E-state index in [0.717, 1.165) is 21.7 Å². The second-order valence-corrected chi connectivity index (χ2v) is 11.5. The summed E-state index contributed by atoms with van der Waals surface area (Å²) in [6, 6.07) is 60.5. The van der Waals surface area contributed by atoms with Crippen LogP contribution in [0.4, 0.5) is 0 Å². The number of hydrogen-bond donors (Lipinski definition) is 0. The van der Waals surface area contributed by atoms with Gasteiger partial charge in [-0.15, -0.1) is 0 Å². The van der Waals surface area contributed by atoms with E-state index in [1.165, 1.54) is 55.3 Å². The van der Waals surface area contributed by atoms with Crippen LogP contribution in [0.3, 0.4) is 0 Å². The van der Waals surface area contributed by atoms with Crippen LogP contribution in [-0.2, 0) is 0 Å². The van der Waals surface area contributed by atoms with Crippen LogP contribution in [0.5, 0.6) is 0 Å². The van der Waals surface area contributed by atoms with Gasteiger partial charge in [-0.05, 0) is 74.8 Å². The fourth-order valence-corrected chi connectivity index (χ4v) is 6.69. The van der Waals surface area contributed by atoms with Gasteiger partial charge in [-0.1, -0.05) is 151 Å². The third-order valence-corrected chi connectivity index (χ3v) is 8.74. The van der Waals surface area contributed by atoms with Gasteiger partial charge in [0.1, 0.15) is 0 Å². The molecule has 0 unspecified atom stereocenters. The number of benzene rings is 7. The summed E-state index contributed by atoms with van der Waals surface area (Å²) < 4.78 is 2.35. The highest BCUT2D eigenvalue weighted by molar-refractivity contribution is 6.31. The van der Waals surface area contributed by atoms with Gasteiger partial charge in [0.25, 0.3) is 0 Å². The van der Waals surface area contributed by atoms with Gasteiger partial charge in [0.15, 0.2) is 0 Å². The van der Waals surface area contributed by atoms with Gasteiger partial charge in [-0.3, -0.25) is 0 Å². The van der Waals surface area contributed by atoms with Crippen molar-refractivity contribution in [2.75, 3.05) is 0 Å². The maximum atomic E-state index is 6.59. The molecule has 0 spiro atoms. The van der Waals surface area contributed by atoms with E-state index < -0.39 is 0 Å². The lowest BCUT2D eigenvalue weighted by Crippen LogP contribution is -1.97. The molecule has 8 aromatic rings. The monoisotopic (exact) mass is 581 g/mol. The van der Waals surface area contributed by atoms with Gasteiger partial charge in [0.05, 0.1) is 11.0 Å². The lowest BCUT2D eigenvalue weighted by Gasteiger charge is -2.19. The van der Waals surface area contributed by atoms with E-state index in [1.807, 2.05) is 6.07 Å². The SMILES string of the molecule is Clc1ccc2c3ccccc3n(-c3ccc(-c4ccccc4-c4ccccc4)c(-c4ccccc4-c4ccccc4)c3)c2c1. The molecule has 0 saturated heterocycles. The minimum absolute atomic E-state index is 0.726. The van der Waals surface area contributed by atoms with Crippen molar-refractivity contribution >= 4 is 33.4 Å². The van der Waals surface area contributed by atoms with Crippen LogP contribution in [0.1, 0.15) is 0 Å². The second kappa shape index (κ2) is 11.0. The van der Waals surface area contributed by atoms with E-state index in [9.17, 15) is 0 Å². The molecule has 0 saturated carbocycles. The van der Waals surface area contributed by atoms with Crippen LogP contribution in [0.2, 0.25) is 5.02 Å². The Kier molecular flexibility index (Phi) is 6.59. The first-order valence-electron chi connectivity index (χ1n) is 14.9. The van der Waals surface area contributed by atoms with Crippen LogP contribution in [0, 0.1) is 0 Å². The van der Waals surface area contributed by atoms with Crippen molar-refractivity contribution in [1.82, 2.24) is 4.57 Å². The van der Waals surface area contributed by atoms with Crippen LogP contribution in [-0.4, -0.2) is 4.57 Å². The van der Waals surface area contributed by atoms with Crippen LogP contribution < -0.4 is 0 Å². The molecule has 0 radical (unpaired) electrons. The zero-order valence-electron chi connectivity index (χ0n) is 24.0. The molecule has 0 atom stereocenters. The average Bonchev–Trinajstić information content (AvgIpc) is 3.42. The normalized spacial score (nSPS) is 11.3. The topological polar surface area (TPSA) is 4.93 Å². The molecule has 2 heteroatoms. The Balaban J connectivity index is 1.45. The van der Waals surface area contributed by atoms with Crippen molar-refractivity contribution < 1.29 is 0 Å². The Morgan fingerprint density at radius 1 is 0.341 bits per heavy atom. The summed E-state index contributed by atoms with van der Waals surface area (Å²) in [6.07, 6.45) is 0. The Hall–Kier alpha value is -5.37. The zero-order chi connectivity index (χ0) is 29.5. The summed E-state index contributed by atoms with van der Waals surface area (Å²) in [5, 5.41) is 3.13. The van der Waals surface area contributed by atoms with E-state index in [2.05, 4.69) is 168 Å². The third-order valence-electron chi connectivity index (χ3n) is 8.50. The molecule has 1 nitrogen and oxygen atoms in total. The summed E-state index contributed by atoms with van der Waals surface area (Å²) in [7, 11) is 0. The summed E-state index contributed by atoms with van der Waals surface area (Å²) in [6.45, 7) is 0. The molecule has 0 N–H and O–H groups in total. The van der Waals surface area contributed by atoms with Crippen molar-refractivity contribution in [3.8, 4) is 50.2 Å². The highest BCUT2D eigenvalue weighted by atomic mass is 35.5. The first-order valence-corrected chi connectivity index (χ1v) is 15.3. The Bertz CT molecular complexity index is 2280. The molecule has 0 bridgehead atoms. The van der Waals surface area contributed by atoms with Crippen LogP contribution >= 0.6 is 11.6 Å². The summed E-state index contributed by atoms with van der Waals surface area (Å²) in [5.41, 5.74) is 12.9. The Morgan fingerprint density at radius 3 is 1.50 bits per heavy atom. The predicted molar refractivity (Wildman–Crippen MR) is 188 cm³/mol. The molecule has 44 heavy (non-hydrogen) atoms. The van der Waals surface area contributed by atoms with Gasteiger partial charge < -0.3 is 4.57 Å². The Morgan fingerprint density at radius 2 is 0.841 bits per heavy atom. The number of rotatable bonds is 5. The summed E-state index contributed by atoms with van der Waals surface area (Å²) >= 11 is 6.59. The molecule has 0 aliphatic rings. The van der Waals surface area contributed by atoms with Crippen molar-refractivity contribution in [3.05, 3.63) is 175 Å². The molecular weight excluding hydrogens is 554 g/mol. The maximum Gasteiger partial charge on any atom is 0.0555 e. The van der Waals surface area contributed by atoms with Crippen molar-refractivity contribution in [2.45, 2.75) is 0 Å². The predicted octanol–water partition coefficient (Wildman–Crippen LogP) is 12.1. The minimum Gasteiger partial charge on any atom is -0.309 e. The van der Waals surface area contributed by atoms with Gasteiger partial charge in [-0.25, -0.2) is 0 Å². The van der Waals surface area contributed by atoms with Gasteiger partial charge in [-0.2, -0.15) is 0 Å². The summed E-state index contributed by atoms with van der Waals surface area (Å²) in [4.78, 5) is 0. The van der Waals surface area contributed by atoms with Gasteiger partial charge in [0, 0.05) is 21.5 Å². The molecule has 208 valence electrons. The fourth-order valence-electron chi connectivity index (χ4n) is 6.53. The number of para-hydroxylation sites is 1. The number of halogens is 1. The molecule has 0 aliphatic heterocycles. The van der Waals surface area contributed by atoms with Crippen molar-refractivity contribution in [2.24, 2.45) is 0 Å². The first kappa shape index (κ1) is 26.3.